The molecular weight excluding hydrogens is 412 g/mol. The fourth-order valence-corrected chi connectivity index (χ4v) is 5.66. The Kier molecular flexibility index (Phi) is 12.0. The standard InChI is InChI=1S/C33H48O/c1-4-5-7-10-28-16-18-30(19-17-28)24-25-31-22-20-29(21-23-31)15-13-27(2)14-26-33(34-3)32-11-8-6-9-12-32/h4-6,8-9,11-12,16-19,27,29,31,33H,7,10,13-15,20-26H2,1-3H3/b5-4+/t27?,29-,31-,33?. The van der Waals surface area contributed by atoms with Crippen LogP contribution in [0.25, 0.3) is 0 Å². The van der Waals surface area contributed by atoms with Gasteiger partial charge in [0.15, 0.2) is 0 Å². The van der Waals surface area contributed by atoms with Gasteiger partial charge < -0.3 is 4.74 Å². The van der Waals surface area contributed by atoms with Gasteiger partial charge in [-0.25, -0.2) is 0 Å². The highest BCUT2D eigenvalue weighted by Gasteiger charge is 2.22. The summed E-state index contributed by atoms with van der Waals surface area (Å²) in [7, 11) is 1.85. The van der Waals surface area contributed by atoms with Crippen molar-refractivity contribution in [2.45, 2.75) is 97.0 Å². The zero-order valence-electron chi connectivity index (χ0n) is 22.1. The number of rotatable bonds is 14. The minimum absolute atomic E-state index is 0.244. The van der Waals surface area contributed by atoms with Crippen molar-refractivity contribution in [1.29, 1.82) is 0 Å². The largest absolute Gasteiger partial charge is 0.377 e. The first kappa shape index (κ1) is 26.7. The van der Waals surface area contributed by atoms with Crippen LogP contribution in [0.1, 0.15) is 101 Å². The maximum atomic E-state index is 5.77. The number of aryl methyl sites for hydroxylation is 2. The zero-order valence-corrected chi connectivity index (χ0v) is 22.1. The van der Waals surface area contributed by atoms with Crippen molar-refractivity contribution in [2.24, 2.45) is 17.8 Å². The van der Waals surface area contributed by atoms with Crippen LogP contribution in [0.15, 0.2) is 66.7 Å². The molecule has 1 fully saturated rings. The SMILES string of the molecule is C/C=C/CCc1ccc(CC[C@H]2CC[C@H](CCC(C)CCC(OC)c3ccccc3)CC2)cc1. The number of ether oxygens (including phenoxy) is 1. The van der Waals surface area contributed by atoms with E-state index < -0.39 is 0 Å². The van der Waals surface area contributed by atoms with Crippen molar-refractivity contribution in [1.82, 2.24) is 0 Å². The molecule has 0 amide bonds. The molecule has 34 heavy (non-hydrogen) atoms. The molecule has 0 spiro atoms. The smallest absolute Gasteiger partial charge is 0.0821 e. The summed E-state index contributed by atoms with van der Waals surface area (Å²) < 4.78 is 5.77. The van der Waals surface area contributed by atoms with Gasteiger partial charge in [-0.15, -0.1) is 0 Å². The molecule has 0 heterocycles. The van der Waals surface area contributed by atoms with E-state index in [1.807, 2.05) is 7.11 Å². The highest BCUT2D eigenvalue weighted by Crippen LogP contribution is 2.35. The lowest BCUT2D eigenvalue weighted by atomic mass is 9.77. The predicted octanol–water partition coefficient (Wildman–Crippen LogP) is 9.52. The van der Waals surface area contributed by atoms with Crippen LogP contribution in [0.5, 0.6) is 0 Å². The summed E-state index contributed by atoms with van der Waals surface area (Å²) in [6.07, 6.45) is 20.6. The maximum absolute atomic E-state index is 5.77. The second-order valence-corrected chi connectivity index (χ2v) is 10.7. The van der Waals surface area contributed by atoms with Gasteiger partial charge in [0.1, 0.15) is 0 Å². The average Bonchev–Trinajstić information content (AvgIpc) is 2.89. The molecule has 0 aromatic heterocycles. The topological polar surface area (TPSA) is 9.23 Å². The minimum atomic E-state index is 0.244. The monoisotopic (exact) mass is 460 g/mol. The fourth-order valence-electron chi connectivity index (χ4n) is 5.66. The van der Waals surface area contributed by atoms with Crippen molar-refractivity contribution in [3.05, 3.63) is 83.4 Å². The van der Waals surface area contributed by atoms with Crippen LogP contribution in [0, 0.1) is 17.8 Å². The van der Waals surface area contributed by atoms with Crippen LogP contribution in [-0.2, 0) is 17.6 Å². The molecule has 186 valence electrons. The zero-order chi connectivity index (χ0) is 24.0. The Bertz CT molecular complexity index is 798. The van der Waals surface area contributed by atoms with Crippen LogP contribution in [0.3, 0.4) is 0 Å². The Labute approximate surface area is 210 Å². The van der Waals surface area contributed by atoms with Gasteiger partial charge in [-0.1, -0.05) is 112 Å². The molecule has 1 heteroatoms. The van der Waals surface area contributed by atoms with E-state index in [-0.39, 0.29) is 6.10 Å². The second kappa shape index (κ2) is 15.2. The van der Waals surface area contributed by atoms with Gasteiger partial charge in [0.2, 0.25) is 0 Å². The van der Waals surface area contributed by atoms with Gasteiger partial charge in [-0.2, -0.15) is 0 Å². The highest BCUT2D eigenvalue weighted by molar-refractivity contribution is 5.23. The van der Waals surface area contributed by atoms with E-state index in [0.717, 1.165) is 37.0 Å². The normalized spacial score (nSPS) is 20.4. The Morgan fingerprint density at radius 1 is 0.794 bits per heavy atom. The molecule has 2 atom stereocenters. The molecule has 1 nitrogen and oxygen atoms in total. The first-order valence-electron chi connectivity index (χ1n) is 13.9. The van der Waals surface area contributed by atoms with Crippen LogP contribution < -0.4 is 0 Å². The van der Waals surface area contributed by atoms with Crippen LogP contribution in [0.4, 0.5) is 0 Å². The summed E-state index contributed by atoms with van der Waals surface area (Å²) in [5, 5.41) is 0. The molecule has 2 unspecified atom stereocenters. The van der Waals surface area contributed by atoms with E-state index in [4.69, 9.17) is 4.74 Å². The van der Waals surface area contributed by atoms with Crippen molar-refractivity contribution < 1.29 is 4.74 Å². The number of allylic oxidation sites excluding steroid dienone is 2. The predicted molar refractivity (Wildman–Crippen MR) is 147 cm³/mol. The number of hydrogen-bond donors (Lipinski definition) is 0. The molecule has 0 N–H and O–H groups in total. The minimum Gasteiger partial charge on any atom is -0.377 e. The molecule has 0 aliphatic heterocycles. The van der Waals surface area contributed by atoms with Gasteiger partial charge in [0.05, 0.1) is 6.10 Å². The first-order chi connectivity index (χ1) is 16.7. The summed E-state index contributed by atoms with van der Waals surface area (Å²) in [6.45, 7) is 4.54. The maximum Gasteiger partial charge on any atom is 0.0821 e. The van der Waals surface area contributed by atoms with E-state index in [1.54, 1.807) is 0 Å². The van der Waals surface area contributed by atoms with E-state index in [2.05, 4.69) is 80.6 Å². The molecule has 0 saturated heterocycles. The summed E-state index contributed by atoms with van der Waals surface area (Å²) in [4.78, 5) is 0. The van der Waals surface area contributed by atoms with E-state index in [1.165, 1.54) is 74.5 Å². The summed E-state index contributed by atoms with van der Waals surface area (Å²) in [6, 6.07) is 20.1. The number of methoxy groups -OCH3 is 1. The third-order valence-corrected chi connectivity index (χ3v) is 8.11. The third kappa shape index (κ3) is 9.41. The van der Waals surface area contributed by atoms with Gasteiger partial charge in [-0.3, -0.25) is 0 Å². The number of benzene rings is 2. The van der Waals surface area contributed by atoms with Crippen LogP contribution >= 0.6 is 0 Å². The van der Waals surface area contributed by atoms with Crippen molar-refractivity contribution in [3.8, 4) is 0 Å². The molecular formula is C33H48O. The Hall–Kier alpha value is -1.86. The number of hydrogen-bond acceptors (Lipinski definition) is 1. The van der Waals surface area contributed by atoms with Crippen molar-refractivity contribution in [3.63, 3.8) is 0 Å². The molecule has 2 aromatic carbocycles. The molecule has 0 bridgehead atoms. The lowest BCUT2D eigenvalue weighted by Gasteiger charge is -2.29. The van der Waals surface area contributed by atoms with Gasteiger partial charge in [0.25, 0.3) is 0 Å². The van der Waals surface area contributed by atoms with E-state index in [9.17, 15) is 0 Å². The van der Waals surface area contributed by atoms with Crippen LogP contribution in [-0.4, -0.2) is 7.11 Å². The first-order valence-corrected chi connectivity index (χ1v) is 13.9. The summed E-state index contributed by atoms with van der Waals surface area (Å²) in [5.74, 6) is 2.69. The lowest BCUT2D eigenvalue weighted by Crippen LogP contribution is -2.16. The second-order valence-electron chi connectivity index (χ2n) is 10.7. The average molecular weight is 461 g/mol. The Morgan fingerprint density at radius 3 is 2.03 bits per heavy atom. The van der Waals surface area contributed by atoms with Crippen molar-refractivity contribution in [2.75, 3.05) is 7.11 Å². The van der Waals surface area contributed by atoms with E-state index >= 15 is 0 Å². The summed E-state index contributed by atoms with van der Waals surface area (Å²) in [5.41, 5.74) is 4.31. The molecule has 1 saturated carbocycles. The molecule has 2 aromatic rings. The molecule has 0 radical (unpaired) electrons. The van der Waals surface area contributed by atoms with Crippen LogP contribution in [0.2, 0.25) is 0 Å². The highest BCUT2D eigenvalue weighted by atomic mass is 16.5. The Balaban J connectivity index is 1.28. The van der Waals surface area contributed by atoms with Gasteiger partial charge in [0, 0.05) is 7.11 Å². The van der Waals surface area contributed by atoms with Gasteiger partial charge in [-0.05, 0) is 79.9 Å². The Morgan fingerprint density at radius 2 is 1.41 bits per heavy atom. The molecule has 3 rings (SSSR count). The van der Waals surface area contributed by atoms with E-state index in [0.29, 0.717) is 0 Å². The van der Waals surface area contributed by atoms with Crippen molar-refractivity contribution >= 4 is 0 Å². The molecule has 1 aliphatic rings. The lowest BCUT2D eigenvalue weighted by molar-refractivity contribution is 0.0889. The quantitative estimate of drug-likeness (QED) is 0.255. The molecule has 1 aliphatic carbocycles. The third-order valence-electron chi connectivity index (χ3n) is 8.11. The van der Waals surface area contributed by atoms with Gasteiger partial charge >= 0.3 is 0 Å². The fraction of sp³-hybridized carbons (Fsp3) is 0.576. The summed E-state index contributed by atoms with van der Waals surface area (Å²) >= 11 is 0.